The van der Waals surface area contributed by atoms with Gasteiger partial charge < -0.3 is 10.3 Å². The van der Waals surface area contributed by atoms with Gasteiger partial charge in [-0.3, -0.25) is 9.48 Å². The van der Waals surface area contributed by atoms with Crippen molar-refractivity contribution in [2.24, 2.45) is 5.41 Å². The molecule has 0 saturated heterocycles. The van der Waals surface area contributed by atoms with Gasteiger partial charge in [0.1, 0.15) is 23.1 Å². The van der Waals surface area contributed by atoms with E-state index >= 15 is 0 Å². The molecule has 2 heterocycles. The molecule has 33 heavy (non-hydrogen) atoms. The molecule has 2 bridgehead atoms. The van der Waals surface area contributed by atoms with Crippen molar-refractivity contribution in [2.45, 2.75) is 69.7 Å². The summed E-state index contributed by atoms with van der Waals surface area (Å²) in [5, 5.41) is 8.92. The van der Waals surface area contributed by atoms with E-state index in [0.717, 1.165) is 29.7 Å². The predicted octanol–water partition coefficient (Wildman–Crippen LogP) is 4.98. The van der Waals surface area contributed by atoms with Crippen LogP contribution in [0.1, 0.15) is 63.0 Å². The van der Waals surface area contributed by atoms with Gasteiger partial charge in [0.2, 0.25) is 0 Å². The Hall–Kier alpha value is -3.40. The molecule has 0 aliphatic heterocycles. The van der Waals surface area contributed by atoms with E-state index in [1.165, 1.54) is 19.3 Å². The zero-order chi connectivity index (χ0) is 23.0. The number of hydrogen-bond donors (Lipinski definition) is 1. The average Bonchev–Trinajstić information content (AvgIpc) is 3.16. The number of nitrogens with zero attached hydrogens (tertiary/aromatic N) is 4. The third-order valence-corrected chi connectivity index (χ3v) is 7.89. The molecule has 7 rings (SSSR count). The zero-order valence-electron chi connectivity index (χ0n) is 19.0. The fraction of sp³-hybridized carbons (Fsp3) is 0.462. The number of rotatable bonds is 7. The molecule has 4 saturated carbocycles. The summed E-state index contributed by atoms with van der Waals surface area (Å²) in [7, 11) is 0. The van der Waals surface area contributed by atoms with Crippen LogP contribution in [0.15, 0.2) is 34.9 Å². The summed E-state index contributed by atoms with van der Waals surface area (Å²) < 4.78 is 7.28. The summed E-state index contributed by atoms with van der Waals surface area (Å²) in [5.41, 5.74) is 10.6. The maximum Gasteiger partial charge on any atom is 0.254 e. The van der Waals surface area contributed by atoms with Gasteiger partial charge in [0.05, 0.1) is 24.2 Å². The smallest absolute Gasteiger partial charge is 0.254 e. The highest BCUT2D eigenvalue weighted by atomic mass is 16.5. The quantitative estimate of drug-likeness (QED) is 0.522. The summed E-state index contributed by atoms with van der Waals surface area (Å²) in [6.45, 7) is 12.0. The third-order valence-electron chi connectivity index (χ3n) is 7.89. The molecule has 0 radical (unpaired) electrons. The molecule has 7 nitrogen and oxygen atoms in total. The predicted molar refractivity (Wildman–Crippen MR) is 124 cm³/mol. The Labute approximate surface area is 192 Å². The molecule has 2 aromatic heterocycles. The first-order valence-corrected chi connectivity index (χ1v) is 11.6. The number of carbonyl (C=O) groups is 1. The first-order chi connectivity index (χ1) is 15.7. The summed E-state index contributed by atoms with van der Waals surface area (Å²) in [4.78, 5) is 16.3. The minimum atomic E-state index is -0.0781. The van der Waals surface area contributed by atoms with Gasteiger partial charge in [0, 0.05) is 17.9 Å². The van der Waals surface area contributed by atoms with Crippen LogP contribution >= 0.6 is 0 Å². The molecular formula is C26H27N5O2. The molecule has 4 fully saturated rings. The number of nitrogens with two attached hydrogens (primary N) is 1. The number of aromatic nitrogens is 3. The van der Waals surface area contributed by atoms with Crippen molar-refractivity contribution in [1.82, 2.24) is 14.9 Å². The van der Waals surface area contributed by atoms with E-state index in [-0.39, 0.29) is 23.2 Å². The van der Waals surface area contributed by atoms with Crippen LogP contribution in [0.25, 0.3) is 16.1 Å². The van der Waals surface area contributed by atoms with Gasteiger partial charge in [-0.2, -0.15) is 5.10 Å². The van der Waals surface area contributed by atoms with Crippen LogP contribution in [0.4, 0.5) is 11.5 Å². The molecule has 3 aromatic rings. The van der Waals surface area contributed by atoms with Crippen molar-refractivity contribution >= 4 is 17.3 Å². The summed E-state index contributed by atoms with van der Waals surface area (Å²) in [6, 6.07) is 9.64. The lowest BCUT2D eigenvalue weighted by Crippen LogP contribution is -2.63. The Kier molecular flexibility index (Phi) is 4.02. The fourth-order valence-corrected chi connectivity index (χ4v) is 6.01. The lowest BCUT2D eigenvalue weighted by atomic mass is 9.35. The molecule has 1 aromatic carbocycles. The normalized spacial score (nSPS) is 26.2. The second-order valence-corrected chi connectivity index (χ2v) is 11.0. The van der Waals surface area contributed by atoms with Crippen LogP contribution in [-0.4, -0.2) is 20.7 Å². The second kappa shape index (κ2) is 6.57. The van der Waals surface area contributed by atoms with Crippen molar-refractivity contribution in [1.29, 1.82) is 0 Å². The Morgan fingerprint density at radius 3 is 2.48 bits per heavy atom. The minimum Gasteiger partial charge on any atom is -0.393 e. The summed E-state index contributed by atoms with van der Waals surface area (Å²) in [6.07, 6.45) is 6.17. The van der Waals surface area contributed by atoms with Crippen molar-refractivity contribution in [3.05, 3.63) is 58.8 Å². The number of benzene rings is 1. The molecule has 7 heteroatoms. The van der Waals surface area contributed by atoms with Crippen molar-refractivity contribution in [3.63, 3.8) is 0 Å². The van der Waals surface area contributed by atoms with Gasteiger partial charge in [-0.25, -0.2) is 4.85 Å². The molecule has 0 unspecified atom stereocenters. The Morgan fingerprint density at radius 2 is 1.88 bits per heavy atom. The van der Waals surface area contributed by atoms with Gasteiger partial charge in [0.25, 0.3) is 5.69 Å². The van der Waals surface area contributed by atoms with Gasteiger partial charge in [-0.1, -0.05) is 36.3 Å². The molecule has 2 N–H and O–H groups in total. The lowest BCUT2D eigenvalue weighted by Gasteiger charge is -2.68. The largest absolute Gasteiger partial charge is 0.393 e. The average molecular weight is 442 g/mol. The van der Waals surface area contributed by atoms with Crippen LogP contribution in [0.3, 0.4) is 0 Å². The molecular weight excluding hydrogens is 414 g/mol. The number of anilines is 1. The van der Waals surface area contributed by atoms with Gasteiger partial charge in [-0.05, 0) is 55.6 Å². The van der Waals surface area contributed by atoms with Gasteiger partial charge >= 0.3 is 0 Å². The van der Waals surface area contributed by atoms with Crippen LogP contribution in [0.2, 0.25) is 0 Å². The van der Waals surface area contributed by atoms with Crippen molar-refractivity contribution in [2.75, 3.05) is 5.73 Å². The molecule has 0 amide bonds. The first-order valence-electron chi connectivity index (χ1n) is 11.6. The van der Waals surface area contributed by atoms with E-state index in [4.69, 9.17) is 16.8 Å². The molecule has 4 aliphatic rings. The topological polar surface area (TPSA) is 91.3 Å². The highest BCUT2D eigenvalue weighted by Crippen LogP contribution is 2.73. The summed E-state index contributed by atoms with van der Waals surface area (Å²) >= 11 is 0. The van der Waals surface area contributed by atoms with Crippen LogP contribution < -0.4 is 5.73 Å². The maximum atomic E-state index is 12.6. The standard InChI is InChI=1S/C26H27N5O2/c1-24-13-26(14-24,15-24)20-12-19(33-30-20)11-18(32)10-16-4-6-17(7-5-16)21-22(28-3)23(27)31(29-21)25(2)8-9-25/h4-7,12H,8-11,13-15,27H2,1-2H3. The highest BCUT2D eigenvalue weighted by molar-refractivity contribution is 5.85. The first kappa shape index (κ1) is 20.2. The van der Waals surface area contributed by atoms with Crippen LogP contribution in [-0.2, 0) is 28.6 Å². The molecule has 0 atom stereocenters. The number of hydrogen-bond acceptors (Lipinski definition) is 5. The van der Waals surface area contributed by atoms with Crippen molar-refractivity contribution in [3.8, 4) is 11.3 Å². The van der Waals surface area contributed by atoms with Crippen LogP contribution in [0.5, 0.6) is 0 Å². The number of nitrogen functional groups attached to an aromatic ring is 1. The fourth-order valence-electron chi connectivity index (χ4n) is 6.01. The van der Waals surface area contributed by atoms with Crippen molar-refractivity contribution < 1.29 is 9.32 Å². The van der Waals surface area contributed by atoms with Crippen LogP contribution in [0, 0.1) is 12.0 Å². The number of Topliss-reactive ketones (excluding diaryl/α,β-unsaturated/α-hetero) is 1. The Balaban J connectivity index is 1.13. The third kappa shape index (κ3) is 3.12. The summed E-state index contributed by atoms with van der Waals surface area (Å²) in [5.74, 6) is 1.17. The van der Waals surface area contributed by atoms with E-state index in [1.54, 1.807) is 4.68 Å². The molecule has 4 aliphatic carbocycles. The van der Waals surface area contributed by atoms with Gasteiger partial charge in [0.15, 0.2) is 0 Å². The number of ketones is 1. The van der Waals surface area contributed by atoms with E-state index in [0.29, 0.717) is 34.8 Å². The van der Waals surface area contributed by atoms with E-state index < -0.39 is 0 Å². The Bertz CT molecular complexity index is 1300. The Morgan fingerprint density at radius 1 is 1.18 bits per heavy atom. The van der Waals surface area contributed by atoms with E-state index in [1.807, 2.05) is 30.3 Å². The highest BCUT2D eigenvalue weighted by Gasteiger charge is 2.66. The monoisotopic (exact) mass is 441 g/mol. The minimum absolute atomic E-state index is 0.0781. The maximum absolute atomic E-state index is 12.6. The number of carbonyl (C=O) groups excluding carboxylic acids is 1. The van der Waals surface area contributed by atoms with E-state index in [2.05, 4.69) is 28.9 Å². The molecule has 168 valence electrons. The van der Waals surface area contributed by atoms with E-state index in [9.17, 15) is 4.79 Å². The second-order valence-electron chi connectivity index (χ2n) is 11.0. The zero-order valence-corrected chi connectivity index (χ0v) is 19.0. The molecule has 0 spiro atoms. The lowest BCUT2D eigenvalue weighted by molar-refractivity contribution is -0.129. The van der Waals surface area contributed by atoms with Gasteiger partial charge in [-0.15, -0.1) is 0 Å². The SMILES string of the molecule is [C-]#[N+]c1c(-c2ccc(CC(=O)Cc3cc(C45CC(C)(C4)C5)no3)cc2)nn(C2(C)CC2)c1N.